The first kappa shape index (κ1) is 24.9. The van der Waals surface area contributed by atoms with E-state index in [0.29, 0.717) is 12.6 Å². The summed E-state index contributed by atoms with van der Waals surface area (Å²) in [5.41, 5.74) is 2.39. The number of benzene rings is 1. The topological polar surface area (TPSA) is 61.8 Å². The molecule has 1 saturated heterocycles. The zero-order chi connectivity index (χ0) is 20.6. The van der Waals surface area contributed by atoms with Crippen LogP contribution in [0.5, 0.6) is 5.75 Å². The third kappa shape index (κ3) is 6.81. The SMILES string of the molecule is CCNC(=NCc1sc(C)nc1C)NCC(c1ccc(OC)cc1)N1CCCC1.I. The number of thiazole rings is 1. The predicted molar refractivity (Wildman–Crippen MR) is 136 cm³/mol. The van der Waals surface area contributed by atoms with Crippen molar-refractivity contribution in [2.75, 3.05) is 33.3 Å². The first-order valence-electron chi connectivity index (χ1n) is 10.4. The zero-order valence-corrected chi connectivity index (χ0v) is 21.5. The van der Waals surface area contributed by atoms with Crippen LogP contribution in [-0.4, -0.2) is 49.1 Å². The average Bonchev–Trinajstić information content (AvgIpc) is 3.36. The molecule has 30 heavy (non-hydrogen) atoms. The van der Waals surface area contributed by atoms with Gasteiger partial charge in [0.25, 0.3) is 0 Å². The fraction of sp³-hybridized carbons (Fsp3) is 0.545. The smallest absolute Gasteiger partial charge is 0.191 e. The van der Waals surface area contributed by atoms with Gasteiger partial charge in [-0.05, 0) is 64.4 Å². The first-order valence-corrected chi connectivity index (χ1v) is 11.3. The van der Waals surface area contributed by atoms with Crippen LogP contribution in [0, 0.1) is 13.8 Å². The van der Waals surface area contributed by atoms with Gasteiger partial charge < -0.3 is 15.4 Å². The van der Waals surface area contributed by atoms with Gasteiger partial charge in [-0.25, -0.2) is 9.98 Å². The van der Waals surface area contributed by atoms with Crippen molar-refractivity contribution < 1.29 is 4.74 Å². The maximum Gasteiger partial charge on any atom is 0.191 e. The second-order valence-electron chi connectivity index (χ2n) is 7.35. The lowest BCUT2D eigenvalue weighted by Crippen LogP contribution is -2.42. The van der Waals surface area contributed by atoms with Crippen LogP contribution in [0.3, 0.4) is 0 Å². The van der Waals surface area contributed by atoms with Gasteiger partial charge in [0.05, 0.1) is 30.4 Å². The van der Waals surface area contributed by atoms with Gasteiger partial charge >= 0.3 is 0 Å². The predicted octanol–water partition coefficient (Wildman–Crippen LogP) is 4.28. The largest absolute Gasteiger partial charge is 0.497 e. The second-order valence-corrected chi connectivity index (χ2v) is 8.64. The summed E-state index contributed by atoms with van der Waals surface area (Å²) in [6.07, 6.45) is 2.54. The van der Waals surface area contributed by atoms with Crippen LogP contribution in [0.25, 0.3) is 0 Å². The summed E-state index contributed by atoms with van der Waals surface area (Å²) >= 11 is 1.73. The van der Waals surface area contributed by atoms with E-state index in [1.165, 1.54) is 23.3 Å². The van der Waals surface area contributed by atoms with Gasteiger partial charge in [0.1, 0.15) is 5.75 Å². The molecule has 2 aromatic rings. The number of rotatable bonds is 8. The lowest BCUT2D eigenvalue weighted by molar-refractivity contribution is 0.245. The van der Waals surface area contributed by atoms with Gasteiger partial charge in [0.15, 0.2) is 5.96 Å². The number of hydrogen-bond acceptors (Lipinski definition) is 5. The number of nitrogens with one attached hydrogen (secondary N) is 2. The number of ether oxygens (including phenoxy) is 1. The molecule has 0 radical (unpaired) electrons. The Morgan fingerprint density at radius 1 is 1.20 bits per heavy atom. The molecule has 2 heterocycles. The standard InChI is InChI=1S/C22H33N5OS.HI/c1-5-23-22(25-15-21-16(2)26-17(3)29-21)24-14-20(27-12-6-7-13-27)18-8-10-19(28-4)11-9-18;/h8-11,20H,5-7,12-15H2,1-4H3,(H2,23,24,25);1H. The number of nitrogens with zero attached hydrogens (tertiary/aromatic N) is 3. The van der Waals surface area contributed by atoms with Gasteiger partial charge in [0, 0.05) is 18.0 Å². The van der Waals surface area contributed by atoms with Crippen molar-refractivity contribution in [3.8, 4) is 5.75 Å². The molecule has 1 atom stereocenters. The summed E-state index contributed by atoms with van der Waals surface area (Å²) in [6.45, 7) is 10.8. The lowest BCUT2D eigenvalue weighted by atomic mass is 10.1. The van der Waals surface area contributed by atoms with E-state index in [2.05, 4.69) is 46.5 Å². The molecular weight excluding hydrogens is 509 g/mol. The van der Waals surface area contributed by atoms with Crippen LogP contribution in [0.1, 0.15) is 46.9 Å². The van der Waals surface area contributed by atoms with Crippen LogP contribution >= 0.6 is 35.3 Å². The highest BCUT2D eigenvalue weighted by atomic mass is 127. The summed E-state index contributed by atoms with van der Waals surface area (Å²) in [7, 11) is 1.71. The highest BCUT2D eigenvalue weighted by Gasteiger charge is 2.23. The molecule has 3 rings (SSSR count). The van der Waals surface area contributed by atoms with Gasteiger partial charge in [0.2, 0.25) is 0 Å². The number of aryl methyl sites for hydroxylation is 2. The summed E-state index contributed by atoms with van der Waals surface area (Å²) in [5, 5.41) is 8.05. The highest BCUT2D eigenvalue weighted by Crippen LogP contribution is 2.26. The van der Waals surface area contributed by atoms with E-state index in [-0.39, 0.29) is 24.0 Å². The van der Waals surface area contributed by atoms with Crippen molar-refractivity contribution >= 4 is 41.3 Å². The molecule has 0 saturated carbocycles. The van der Waals surface area contributed by atoms with Crippen molar-refractivity contribution in [3.05, 3.63) is 45.4 Å². The number of hydrogen-bond donors (Lipinski definition) is 2. The quantitative estimate of drug-likeness (QED) is 0.296. The van der Waals surface area contributed by atoms with Crippen LogP contribution < -0.4 is 15.4 Å². The molecular formula is C22H34IN5OS. The maximum atomic E-state index is 5.33. The van der Waals surface area contributed by atoms with E-state index >= 15 is 0 Å². The second kappa shape index (κ2) is 12.5. The lowest BCUT2D eigenvalue weighted by Gasteiger charge is -2.29. The van der Waals surface area contributed by atoms with Crippen LogP contribution in [0.4, 0.5) is 0 Å². The fourth-order valence-electron chi connectivity index (χ4n) is 3.74. The Balaban J connectivity index is 0.00000320. The van der Waals surface area contributed by atoms with Gasteiger partial charge in [-0.1, -0.05) is 12.1 Å². The molecule has 1 aromatic heterocycles. The van der Waals surface area contributed by atoms with Crippen molar-refractivity contribution in [2.24, 2.45) is 4.99 Å². The van der Waals surface area contributed by atoms with Crippen molar-refractivity contribution in [2.45, 2.75) is 46.2 Å². The molecule has 1 fully saturated rings. The molecule has 1 aliphatic heterocycles. The van der Waals surface area contributed by atoms with Gasteiger partial charge in [-0.3, -0.25) is 4.90 Å². The van der Waals surface area contributed by atoms with Crippen molar-refractivity contribution in [3.63, 3.8) is 0 Å². The first-order chi connectivity index (χ1) is 14.1. The molecule has 1 aliphatic rings. The molecule has 0 spiro atoms. The molecule has 0 aliphatic carbocycles. The monoisotopic (exact) mass is 543 g/mol. The molecule has 0 amide bonds. The van der Waals surface area contributed by atoms with E-state index in [1.807, 2.05) is 19.1 Å². The van der Waals surface area contributed by atoms with E-state index in [4.69, 9.17) is 9.73 Å². The Morgan fingerprint density at radius 2 is 1.90 bits per heavy atom. The molecule has 1 aromatic carbocycles. The van der Waals surface area contributed by atoms with Crippen LogP contribution in [0.15, 0.2) is 29.3 Å². The fourth-order valence-corrected chi connectivity index (χ4v) is 4.60. The minimum atomic E-state index is 0. The maximum absolute atomic E-state index is 5.33. The number of methoxy groups -OCH3 is 1. The molecule has 6 nitrogen and oxygen atoms in total. The molecule has 0 bridgehead atoms. The summed E-state index contributed by atoms with van der Waals surface area (Å²) in [5.74, 6) is 1.75. The molecule has 8 heteroatoms. The average molecular weight is 544 g/mol. The number of aliphatic imine (C=N–C) groups is 1. The van der Waals surface area contributed by atoms with Gasteiger partial charge in [-0.15, -0.1) is 35.3 Å². The Kier molecular flexibility index (Phi) is 10.3. The normalized spacial score (nSPS) is 15.5. The minimum absolute atomic E-state index is 0. The summed E-state index contributed by atoms with van der Waals surface area (Å²) in [6, 6.07) is 8.77. The Bertz CT molecular complexity index is 802. The van der Waals surface area contributed by atoms with Gasteiger partial charge in [-0.2, -0.15) is 0 Å². The number of halogens is 1. The minimum Gasteiger partial charge on any atom is -0.497 e. The van der Waals surface area contributed by atoms with Crippen molar-refractivity contribution in [1.29, 1.82) is 0 Å². The van der Waals surface area contributed by atoms with Crippen LogP contribution in [0.2, 0.25) is 0 Å². The summed E-state index contributed by atoms with van der Waals surface area (Å²) in [4.78, 5) is 13.1. The highest BCUT2D eigenvalue weighted by molar-refractivity contribution is 14.0. The Morgan fingerprint density at radius 3 is 2.47 bits per heavy atom. The van der Waals surface area contributed by atoms with Crippen molar-refractivity contribution in [1.82, 2.24) is 20.5 Å². The molecule has 166 valence electrons. The van der Waals surface area contributed by atoms with E-state index in [9.17, 15) is 0 Å². The number of likely N-dealkylation sites (tertiary alicyclic amines) is 1. The third-order valence-electron chi connectivity index (χ3n) is 5.27. The third-order valence-corrected chi connectivity index (χ3v) is 6.33. The summed E-state index contributed by atoms with van der Waals surface area (Å²) < 4.78 is 5.33. The van der Waals surface area contributed by atoms with Crippen LogP contribution in [-0.2, 0) is 6.54 Å². The Hall–Kier alpha value is -1.39. The van der Waals surface area contributed by atoms with E-state index < -0.39 is 0 Å². The number of guanidine groups is 1. The van der Waals surface area contributed by atoms with E-state index in [0.717, 1.165) is 48.6 Å². The van der Waals surface area contributed by atoms with E-state index in [1.54, 1.807) is 18.4 Å². The number of aromatic nitrogens is 1. The zero-order valence-electron chi connectivity index (χ0n) is 18.4. The Labute approximate surface area is 201 Å². The molecule has 1 unspecified atom stereocenters. The molecule has 2 N–H and O–H groups in total.